The van der Waals surface area contributed by atoms with Crippen LogP contribution in [0.5, 0.6) is 0 Å². The molecule has 4 heteroatoms. The van der Waals surface area contributed by atoms with Gasteiger partial charge in [-0.1, -0.05) is 44.7 Å². The zero-order valence-electron chi connectivity index (χ0n) is 10.2. The predicted octanol–water partition coefficient (Wildman–Crippen LogP) is 3.45. The van der Waals surface area contributed by atoms with Gasteiger partial charge in [-0.15, -0.1) is 0 Å². The van der Waals surface area contributed by atoms with Gasteiger partial charge < -0.3 is 0 Å². The highest BCUT2D eigenvalue weighted by atomic mass is 32.2. The van der Waals surface area contributed by atoms with Crippen LogP contribution in [-0.2, 0) is 16.5 Å². The monoisotopic (exact) mass is 256 g/mol. The Morgan fingerprint density at radius 1 is 1.12 bits per heavy atom. The summed E-state index contributed by atoms with van der Waals surface area (Å²) in [6, 6.07) is 6.53. The molecule has 0 bridgehead atoms. The quantitative estimate of drug-likeness (QED) is 0.600. The van der Waals surface area contributed by atoms with Gasteiger partial charge in [-0.3, -0.25) is 4.55 Å². The Labute approximate surface area is 104 Å². The largest absolute Gasteiger partial charge is 0.294 e. The molecule has 0 saturated heterocycles. The van der Waals surface area contributed by atoms with Crippen LogP contribution in [0.2, 0.25) is 0 Å². The summed E-state index contributed by atoms with van der Waals surface area (Å²) >= 11 is 0. The average molecular weight is 256 g/mol. The Kier molecular flexibility index (Phi) is 5.65. The van der Waals surface area contributed by atoms with E-state index in [0.717, 1.165) is 18.4 Å². The van der Waals surface area contributed by atoms with E-state index in [0.29, 0.717) is 0 Å². The van der Waals surface area contributed by atoms with Crippen LogP contribution in [0.1, 0.15) is 44.6 Å². The lowest BCUT2D eigenvalue weighted by atomic mass is 10.1. The molecule has 1 aromatic carbocycles. The average Bonchev–Trinajstić information content (AvgIpc) is 2.28. The van der Waals surface area contributed by atoms with Crippen LogP contribution in [-0.4, -0.2) is 13.0 Å². The lowest BCUT2D eigenvalue weighted by Crippen LogP contribution is -1.98. The van der Waals surface area contributed by atoms with Gasteiger partial charge in [0.05, 0.1) is 4.90 Å². The first-order valence-electron chi connectivity index (χ1n) is 6.10. The van der Waals surface area contributed by atoms with Crippen LogP contribution in [0.4, 0.5) is 0 Å². The zero-order chi connectivity index (χ0) is 12.7. The van der Waals surface area contributed by atoms with Crippen LogP contribution < -0.4 is 0 Å². The van der Waals surface area contributed by atoms with Crippen LogP contribution in [0.25, 0.3) is 0 Å². The van der Waals surface area contributed by atoms with Crippen molar-refractivity contribution < 1.29 is 13.0 Å². The van der Waals surface area contributed by atoms with Gasteiger partial charge >= 0.3 is 0 Å². The summed E-state index contributed by atoms with van der Waals surface area (Å²) in [4.78, 5) is -0.0106. The summed E-state index contributed by atoms with van der Waals surface area (Å²) in [6.45, 7) is 2.18. The number of hydrogen-bond donors (Lipinski definition) is 1. The number of hydrogen-bond acceptors (Lipinski definition) is 2. The molecular formula is C13H20O3S. The molecule has 96 valence electrons. The summed E-state index contributed by atoms with van der Waals surface area (Å²) in [6.07, 6.45) is 6.81. The minimum atomic E-state index is -4.06. The van der Waals surface area contributed by atoms with Crippen LogP contribution in [0, 0.1) is 0 Å². The van der Waals surface area contributed by atoms with Gasteiger partial charge in [-0.05, 0) is 30.5 Å². The summed E-state index contributed by atoms with van der Waals surface area (Å²) in [5, 5.41) is 0. The maximum Gasteiger partial charge on any atom is 0.294 e. The first-order valence-corrected chi connectivity index (χ1v) is 7.54. The van der Waals surface area contributed by atoms with Crippen molar-refractivity contribution in [3.05, 3.63) is 29.8 Å². The molecule has 1 rings (SSSR count). The van der Waals surface area contributed by atoms with Crippen molar-refractivity contribution in [2.75, 3.05) is 0 Å². The Bertz CT molecular complexity index is 438. The summed E-state index contributed by atoms with van der Waals surface area (Å²) in [7, 11) is -4.06. The second-order valence-corrected chi connectivity index (χ2v) is 5.71. The van der Waals surface area contributed by atoms with Crippen molar-refractivity contribution >= 4 is 10.1 Å². The van der Waals surface area contributed by atoms with Gasteiger partial charge in [0, 0.05) is 0 Å². The summed E-state index contributed by atoms with van der Waals surface area (Å²) in [5.41, 5.74) is 0.969. The molecule has 17 heavy (non-hydrogen) atoms. The third-order valence-electron chi connectivity index (χ3n) is 2.77. The highest BCUT2D eigenvalue weighted by Gasteiger charge is 2.09. The summed E-state index contributed by atoms with van der Waals surface area (Å²) < 4.78 is 30.8. The zero-order valence-corrected chi connectivity index (χ0v) is 11.0. The lowest BCUT2D eigenvalue weighted by molar-refractivity contribution is 0.483. The minimum absolute atomic E-state index is 0.0106. The Hall–Kier alpha value is -0.870. The normalized spacial score (nSPS) is 11.6. The molecule has 0 aromatic heterocycles. The van der Waals surface area contributed by atoms with Gasteiger partial charge in [-0.2, -0.15) is 8.42 Å². The molecule has 0 spiro atoms. The highest BCUT2D eigenvalue weighted by molar-refractivity contribution is 7.85. The number of benzene rings is 1. The molecule has 1 N–H and O–H groups in total. The topological polar surface area (TPSA) is 54.4 Å². The second kappa shape index (κ2) is 6.77. The molecule has 0 aliphatic rings. The Balaban J connectivity index is 2.49. The SMILES string of the molecule is CCCCCCCc1cccc(S(=O)(=O)O)c1. The maximum absolute atomic E-state index is 11.0. The van der Waals surface area contributed by atoms with E-state index >= 15 is 0 Å². The molecule has 0 saturated carbocycles. The van der Waals surface area contributed by atoms with E-state index < -0.39 is 10.1 Å². The predicted molar refractivity (Wildman–Crippen MR) is 68.7 cm³/mol. The standard InChI is InChI=1S/C13H20O3S/c1-2-3-4-5-6-8-12-9-7-10-13(11-12)17(14,15)16/h7,9-11H,2-6,8H2,1H3,(H,14,15,16). The van der Waals surface area contributed by atoms with Gasteiger partial charge in [0.2, 0.25) is 0 Å². The van der Waals surface area contributed by atoms with E-state index in [4.69, 9.17) is 4.55 Å². The van der Waals surface area contributed by atoms with Crippen molar-refractivity contribution in [1.82, 2.24) is 0 Å². The van der Waals surface area contributed by atoms with E-state index in [1.807, 2.05) is 6.07 Å². The van der Waals surface area contributed by atoms with E-state index in [1.54, 1.807) is 12.1 Å². The van der Waals surface area contributed by atoms with Crippen molar-refractivity contribution in [3.8, 4) is 0 Å². The Morgan fingerprint density at radius 3 is 2.47 bits per heavy atom. The molecule has 0 fully saturated rings. The highest BCUT2D eigenvalue weighted by Crippen LogP contribution is 2.14. The number of rotatable bonds is 7. The van der Waals surface area contributed by atoms with Crippen molar-refractivity contribution in [3.63, 3.8) is 0 Å². The molecule has 0 unspecified atom stereocenters. The van der Waals surface area contributed by atoms with Gasteiger partial charge in [-0.25, -0.2) is 0 Å². The number of unbranched alkanes of at least 4 members (excludes halogenated alkanes) is 4. The first-order chi connectivity index (χ1) is 8.04. The van der Waals surface area contributed by atoms with Crippen molar-refractivity contribution in [1.29, 1.82) is 0 Å². The van der Waals surface area contributed by atoms with E-state index in [2.05, 4.69) is 6.92 Å². The maximum atomic E-state index is 11.0. The first kappa shape index (κ1) is 14.2. The van der Waals surface area contributed by atoms with Crippen LogP contribution in [0.15, 0.2) is 29.2 Å². The smallest absolute Gasteiger partial charge is 0.282 e. The summed E-state index contributed by atoms with van der Waals surface area (Å²) in [5.74, 6) is 0. The van der Waals surface area contributed by atoms with Gasteiger partial charge in [0.1, 0.15) is 0 Å². The second-order valence-electron chi connectivity index (χ2n) is 4.29. The molecule has 0 atom stereocenters. The van der Waals surface area contributed by atoms with Crippen molar-refractivity contribution in [2.24, 2.45) is 0 Å². The Morgan fingerprint density at radius 2 is 1.82 bits per heavy atom. The molecular weight excluding hydrogens is 236 g/mol. The molecule has 0 aliphatic heterocycles. The fourth-order valence-electron chi connectivity index (χ4n) is 1.79. The molecule has 0 aliphatic carbocycles. The fourth-order valence-corrected chi connectivity index (χ4v) is 2.34. The van der Waals surface area contributed by atoms with E-state index in [-0.39, 0.29) is 4.90 Å². The third kappa shape index (κ3) is 5.33. The fraction of sp³-hybridized carbons (Fsp3) is 0.538. The van der Waals surface area contributed by atoms with Gasteiger partial charge in [0.15, 0.2) is 0 Å². The van der Waals surface area contributed by atoms with Crippen LogP contribution >= 0.6 is 0 Å². The van der Waals surface area contributed by atoms with Crippen LogP contribution in [0.3, 0.4) is 0 Å². The molecule has 0 amide bonds. The molecule has 0 radical (unpaired) electrons. The minimum Gasteiger partial charge on any atom is -0.282 e. The third-order valence-corrected chi connectivity index (χ3v) is 3.61. The van der Waals surface area contributed by atoms with Crippen molar-refractivity contribution in [2.45, 2.75) is 50.3 Å². The van der Waals surface area contributed by atoms with E-state index in [9.17, 15) is 8.42 Å². The molecule has 0 heterocycles. The van der Waals surface area contributed by atoms with Gasteiger partial charge in [0.25, 0.3) is 10.1 Å². The molecule has 3 nitrogen and oxygen atoms in total. The van der Waals surface area contributed by atoms with E-state index in [1.165, 1.54) is 31.7 Å². The number of aryl methyl sites for hydroxylation is 1. The lowest BCUT2D eigenvalue weighted by Gasteiger charge is -2.03. The molecule has 1 aromatic rings.